The van der Waals surface area contributed by atoms with Gasteiger partial charge in [0.05, 0.1) is 13.0 Å². The molecule has 2 aliphatic rings. The topological polar surface area (TPSA) is 61.0 Å². The molecule has 0 spiro atoms. The van der Waals surface area contributed by atoms with Crippen LogP contribution in [0.2, 0.25) is 0 Å². The smallest absolute Gasteiger partial charge is 0.310 e. The van der Waals surface area contributed by atoms with Crippen LogP contribution in [-0.2, 0) is 9.53 Å². The molecule has 0 aromatic heterocycles. The summed E-state index contributed by atoms with van der Waals surface area (Å²) < 4.78 is 5.12. The van der Waals surface area contributed by atoms with Crippen LogP contribution < -0.4 is 0 Å². The van der Waals surface area contributed by atoms with E-state index < -0.39 is 0 Å². The highest BCUT2D eigenvalue weighted by atomic mass is 16.5. The summed E-state index contributed by atoms with van der Waals surface area (Å²) >= 11 is 0. The standard InChI is InChI=1S/C19H25NO2.H2O/c1-12(2)13-5-7-14(8-6-13)16-11-15-9-10-17(20(15)3)18(16)19(21)22-4;/h5-8,15-18H,1,9-11H2,2-4H3;1H2/t15-,16-,17?,18?;/m1./s1. The minimum absolute atomic E-state index is 0. The highest BCUT2D eigenvalue weighted by Crippen LogP contribution is 2.46. The summed E-state index contributed by atoms with van der Waals surface area (Å²) in [6.07, 6.45) is 3.33. The Kier molecular flexibility index (Phi) is 5.27. The van der Waals surface area contributed by atoms with Crippen molar-refractivity contribution in [2.24, 2.45) is 5.92 Å². The average molecular weight is 317 g/mol. The van der Waals surface area contributed by atoms with Gasteiger partial charge < -0.3 is 10.2 Å². The number of fused-ring (bicyclic) bond motifs is 2. The molecule has 3 rings (SSSR count). The van der Waals surface area contributed by atoms with Gasteiger partial charge in [-0.1, -0.05) is 36.4 Å². The van der Waals surface area contributed by atoms with E-state index in [1.807, 2.05) is 6.92 Å². The summed E-state index contributed by atoms with van der Waals surface area (Å²) in [5, 5.41) is 0. The number of esters is 1. The Labute approximate surface area is 138 Å². The lowest BCUT2D eigenvalue weighted by atomic mass is 9.76. The molecular formula is C19H27NO3. The minimum Gasteiger partial charge on any atom is -0.469 e. The first-order valence-electron chi connectivity index (χ1n) is 8.08. The molecule has 2 fully saturated rings. The Balaban J connectivity index is 0.00000192. The molecule has 2 heterocycles. The van der Waals surface area contributed by atoms with E-state index in [9.17, 15) is 4.79 Å². The maximum Gasteiger partial charge on any atom is 0.310 e. The van der Waals surface area contributed by atoms with Crippen LogP contribution in [0, 0.1) is 5.92 Å². The first kappa shape index (κ1) is 17.7. The Morgan fingerprint density at radius 1 is 1.26 bits per heavy atom. The maximum atomic E-state index is 12.4. The molecule has 0 amide bonds. The summed E-state index contributed by atoms with van der Waals surface area (Å²) in [7, 11) is 3.66. The molecule has 4 atom stereocenters. The predicted molar refractivity (Wildman–Crippen MR) is 92.2 cm³/mol. The van der Waals surface area contributed by atoms with Crippen molar-refractivity contribution in [2.45, 2.75) is 44.2 Å². The molecule has 126 valence electrons. The lowest BCUT2D eigenvalue weighted by Gasteiger charge is -2.41. The van der Waals surface area contributed by atoms with Crippen molar-refractivity contribution in [3.8, 4) is 0 Å². The molecule has 2 N–H and O–H groups in total. The fraction of sp³-hybridized carbons (Fsp3) is 0.526. The van der Waals surface area contributed by atoms with Crippen molar-refractivity contribution in [3.63, 3.8) is 0 Å². The van der Waals surface area contributed by atoms with Gasteiger partial charge in [-0.25, -0.2) is 0 Å². The lowest BCUT2D eigenvalue weighted by molar-refractivity contribution is -0.150. The van der Waals surface area contributed by atoms with Crippen LogP contribution in [0.4, 0.5) is 0 Å². The number of carbonyl (C=O) groups excluding carboxylic acids is 1. The highest BCUT2D eigenvalue weighted by molar-refractivity contribution is 5.75. The molecule has 0 aliphatic carbocycles. The number of allylic oxidation sites excluding steroid dienone is 1. The molecule has 2 unspecified atom stereocenters. The molecule has 4 nitrogen and oxygen atoms in total. The van der Waals surface area contributed by atoms with Gasteiger partial charge in [-0.05, 0) is 44.4 Å². The monoisotopic (exact) mass is 317 g/mol. The van der Waals surface area contributed by atoms with Crippen LogP contribution >= 0.6 is 0 Å². The molecule has 1 aromatic carbocycles. The summed E-state index contributed by atoms with van der Waals surface area (Å²) in [5.41, 5.74) is 3.49. The number of hydrogen-bond acceptors (Lipinski definition) is 3. The van der Waals surface area contributed by atoms with Gasteiger partial charge in [0.15, 0.2) is 0 Å². The number of hydrogen-bond donors (Lipinski definition) is 0. The van der Waals surface area contributed by atoms with Crippen molar-refractivity contribution < 1.29 is 15.0 Å². The van der Waals surface area contributed by atoms with E-state index in [4.69, 9.17) is 4.74 Å². The quantitative estimate of drug-likeness (QED) is 0.805. The van der Waals surface area contributed by atoms with E-state index in [0.29, 0.717) is 12.1 Å². The summed E-state index contributed by atoms with van der Waals surface area (Å²) in [6.45, 7) is 6.00. The predicted octanol–water partition coefficient (Wildman–Crippen LogP) is 2.63. The molecule has 0 saturated carbocycles. The van der Waals surface area contributed by atoms with Gasteiger partial charge in [-0.3, -0.25) is 9.69 Å². The zero-order chi connectivity index (χ0) is 15.9. The minimum atomic E-state index is -0.0637. The van der Waals surface area contributed by atoms with Gasteiger partial charge in [0, 0.05) is 18.0 Å². The van der Waals surface area contributed by atoms with Crippen molar-refractivity contribution in [3.05, 3.63) is 42.0 Å². The van der Waals surface area contributed by atoms with Crippen LogP contribution in [0.5, 0.6) is 0 Å². The first-order valence-corrected chi connectivity index (χ1v) is 8.08. The van der Waals surface area contributed by atoms with E-state index in [0.717, 1.165) is 24.0 Å². The van der Waals surface area contributed by atoms with E-state index in [2.05, 4.69) is 42.8 Å². The number of nitrogens with zero attached hydrogens (tertiary/aromatic N) is 1. The first-order chi connectivity index (χ1) is 10.5. The SMILES string of the molecule is C=C(C)c1ccc([C@H]2C[C@H]3CCC(C2C(=O)OC)N3C)cc1.O. The molecule has 2 saturated heterocycles. The van der Waals surface area contributed by atoms with Crippen LogP contribution in [-0.4, -0.2) is 42.6 Å². The second kappa shape index (κ2) is 6.85. The number of rotatable bonds is 3. The van der Waals surface area contributed by atoms with Crippen LogP contribution in [0.25, 0.3) is 5.57 Å². The number of methoxy groups -OCH3 is 1. The Morgan fingerprint density at radius 2 is 1.91 bits per heavy atom. The number of ether oxygens (including phenoxy) is 1. The lowest BCUT2D eigenvalue weighted by Crippen LogP contribution is -2.49. The largest absolute Gasteiger partial charge is 0.469 e. The fourth-order valence-corrected chi connectivity index (χ4v) is 4.28. The third kappa shape index (κ3) is 3.06. The zero-order valence-electron chi connectivity index (χ0n) is 14.2. The Hall–Kier alpha value is -1.65. The van der Waals surface area contributed by atoms with Crippen molar-refractivity contribution in [1.29, 1.82) is 0 Å². The summed E-state index contributed by atoms with van der Waals surface area (Å²) in [6, 6.07) is 9.47. The van der Waals surface area contributed by atoms with Crippen molar-refractivity contribution >= 4 is 11.5 Å². The van der Waals surface area contributed by atoms with Crippen LogP contribution in [0.3, 0.4) is 0 Å². The molecule has 0 radical (unpaired) electrons. The molecule has 23 heavy (non-hydrogen) atoms. The number of piperidine rings is 1. The molecule has 4 heteroatoms. The van der Waals surface area contributed by atoms with E-state index >= 15 is 0 Å². The molecule has 2 bridgehead atoms. The fourth-order valence-electron chi connectivity index (χ4n) is 4.28. The molecular weight excluding hydrogens is 290 g/mol. The normalized spacial score (nSPS) is 29.7. The van der Waals surface area contributed by atoms with Crippen LogP contribution in [0.15, 0.2) is 30.8 Å². The highest BCUT2D eigenvalue weighted by Gasteiger charge is 2.49. The van der Waals surface area contributed by atoms with E-state index in [-0.39, 0.29) is 23.3 Å². The van der Waals surface area contributed by atoms with Gasteiger partial charge in [-0.15, -0.1) is 0 Å². The van der Waals surface area contributed by atoms with Gasteiger partial charge in [-0.2, -0.15) is 0 Å². The number of carbonyl (C=O) groups is 1. The summed E-state index contributed by atoms with van der Waals surface area (Å²) in [5.74, 6) is 0.149. The summed E-state index contributed by atoms with van der Waals surface area (Å²) in [4.78, 5) is 14.8. The van der Waals surface area contributed by atoms with Crippen molar-refractivity contribution in [2.75, 3.05) is 14.2 Å². The van der Waals surface area contributed by atoms with Crippen LogP contribution in [0.1, 0.15) is 43.2 Å². The van der Waals surface area contributed by atoms with Gasteiger partial charge in [0.25, 0.3) is 0 Å². The third-order valence-electron chi connectivity index (χ3n) is 5.57. The van der Waals surface area contributed by atoms with Gasteiger partial charge in [0.2, 0.25) is 0 Å². The van der Waals surface area contributed by atoms with Crippen molar-refractivity contribution in [1.82, 2.24) is 4.90 Å². The van der Waals surface area contributed by atoms with E-state index in [1.165, 1.54) is 19.1 Å². The van der Waals surface area contributed by atoms with E-state index in [1.54, 1.807) is 0 Å². The average Bonchev–Trinajstić information content (AvgIpc) is 2.76. The van der Waals surface area contributed by atoms with Gasteiger partial charge in [0.1, 0.15) is 0 Å². The second-order valence-corrected chi connectivity index (χ2v) is 6.76. The maximum absolute atomic E-state index is 12.4. The second-order valence-electron chi connectivity index (χ2n) is 6.76. The van der Waals surface area contributed by atoms with Gasteiger partial charge >= 0.3 is 5.97 Å². The molecule has 1 aromatic rings. The molecule has 2 aliphatic heterocycles. The Bertz CT molecular complexity index is 581. The number of benzene rings is 1. The zero-order valence-corrected chi connectivity index (χ0v) is 14.2. The Morgan fingerprint density at radius 3 is 2.48 bits per heavy atom. The third-order valence-corrected chi connectivity index (χ3v) is 5.57.